The van der Waals surface area contributed by atoms with Crippen LogP contribution >= 0.6 is 0 Å². The van der Waals surface area contributed by atoms with E-state index in [1.165, 1.54) is 58.3 Å². The van der Waals surface area contributed by atoms with Gasteiger partial charge in [0.25, 0.3) is 0 Å². The minimum Gasteiger partial charge on any atom is -0.314 e. The summed E-state index contributed by atoms with van der Waals surface area (Å²) in [5.74, 6) is 1.85. The first kappa shape index (κ1) is 12.4. The third-order valence-corrected chi connectivity index (χ3v) is 4.67. The summed E-state index contributed by atoms with van der Waals surface area (Å²) in [6, 6.07) is 0.791. The molecule has 0 bridgehead atoms. The molecule has 2 nitrogen and oxygen atoms in total. The second-order valence-corrected chi connectivity index (χ2v) is 5.80. The molecule has 1 aliphatic carbocycles. The number of nitrogens with zero attached hydrogens (tertiary/aromatic N) is 1. The molecule has 1 aliphatic heterocycles. The van der Waals surface area contributed by atoms with Gasteiger partial charge in [0, 0.05) is 32.2 Å². The van der Waals surface area contributed by atoms with Crippen LogP contribution in [0.25, 0.3) is 0 Å². The lowest BCUT2D eigenvalue weighted by Gasteiger charge is -2.40. The van der Waals surface area contributed by atoms with Gasteiger partial charge in [-0.15, -0.1) is 0 Å². The normalized spacial score (nSPS) is 30.8. The highest BCUT2D eigenvalue weighted by Gasteiger charge is 2.28. The Morgan fingerprint density at radius 1 is 1.31 bits per heavy atom. The van der Waals surface area contributed by atoms with Crippen LogP contribution in [0.2, 0.25) is 0 Å². The lowest BCUT2D eigenvalue weighted by Crippen LogP contribution is -2.54. The summed E-state index contributed by atoms with van der Waals surface area (Å²) in [6.07, 6.45) is 7.23. The van der Waals surface area contributed by atoms with Crippen molar-refractivity contribution in [2.75, 3.05) is 26.2 Å². The second kappa shape index (κ2) is 6.02. The van der Waals surface area contributed by atoms with Crippen LogP contribution < -0.4 is 5.32 Å². The van der Waals surface area contributed by atoms with Crippen molar-refractivity contribution in [2.45, 2.75) is 52.0 Å². The quantitative estimate of drug-likeness (QED) is 0.789. The Balaban J connectivity index is 1.87. The third kappa shape index (κ3) is 2.98. The molecule has 1 saturated heterocycles. The molecule has 16 heavy (non-hydrogen) atoms. The van der Waals surface area contributed by atoms with Crippen molar-refractivity contribution in [1.29, 1.82) is 0 Å². The average Bonchev–Trinajstić information content (AvgIpc) is 2.82. The van der Waals surface area contributed by atoms with E-state index in [-0.39, 0.29) is 0 Å². The van der Waals surface area contributed by atoms with Crippen LogP contribution in [0.4, 0.5) is 0 Å². The summed E-state index contributed by atoms with van der Waals surface area (Å²) >= 11 is 0. The maximum absolute atomic E-state index is 3.56. The van der Waals surface area contributed by atoms with Gasteiger partial charge in [0.1, 0.15) is 0 Å². The Labute approximate surface area is 101 Å². The molecule has 0 aromatic carbocycles. The van der Waals surface area contributed by atoms with Crippen molar-refractivity contribution in [3.8, 4) is 0 Å². The molecule has 94 valence electrons. The van der Waals surface area contributed by atoms with E-state index in [0.717, 1.165) is 17.9 Å². The summed E-state index contributed by atoms with van der Waals surface area (Å²) in [6.45, 7) is 9.79. The summed E-state index contributed by atoms with van der Waals surface area (Å²) in [5.41, 5.74) is 0. The van der Waals surface area contributed by atoms with Crippen LogP contribution in [0.15, 0.2) is 0 Å². The molecular weight excluding hydrogens is 196 g/mol. The van der Waals surface area contributed by atoms with Crippen molar-refractivity contribution in [3.63, 3.8) is 0 Å². The highest BCUT2D eigenvalue weighted by Crippen LogP contribution is 2.27. The van der Waals surface area contributed by atoms with Gasteiger partial charge in [-0.05, 0) is 24.7 Å². The number of piperazine rings is 1. The SMILES string of the molecule is CCC(C)C1CNCCN1CC1CCCC1. The summed E-state index contributed by atoms with van der Waals surface area (Å²) < 4.78 is 0. The van der Waals surface area contributed by atoms with E-state index >= 15 is 0 Å². The fourth-order valence-corrected chi connectivity index (χ4v) is 3.35. The zero-order chi connectivity index (χ0) is 11.4. The van der Waals surface area contributed by atoms with Crippen molar-refractivity contribution >= 4 is 0 Å². The van der Waals surface area contributed by atoms with Gasteiger partial charge < -0.3 is 5.32 Å². The first-order valence-corrected chi connectivity index (χ1v) is 7.26. The van der Waals surface area contributed by atoms with Crippen molar-refractivity contribution in [2.24, 2.45) is 11.8 Å². The molecule has 1 N–H and O–H groups in total. The third-order valence-electron chi connectivity index (χ3n) is 4.67. The Hall–Kier alpha value is -0.0800. The molecule has 2 heteroatoms. The maximum atomic E-state index is 3.56. The van der Waals surface area contributed by atoms with Gasteiger partial charge in [0.2, 0.25) is 0 Å². The first-order valence-electron chi connectivity index (χ1n) is 7.26. The Morgan fingerprint density at radius 2 is 2.06 bits per heavy atom. The molecule has 2 unspecified atom stereocenters. The fraction of sp³-hybridized carbons (Fsp3) is 1.00. The largest absolute Gasteiger partial charge is 0.314 e. The molecule has 2 rings (SSSR count). The lowest BCUT2D eigenvalue weighted by atomic mass is 9.94. The molecule has 2 atom stereocenters. The van der Waals surface area contributed by atoms with Crippen molar-refractivity contribution in [3.05, 3.63) is 0 Å². The van der Waals surface area contributed by atoms with E-state index in [1.54, 1.807) is 0 Å². The van der Waals surface area contributed by atoms with E-state index in [0.29, 0.717) is 0 Å². The van der Waals surface area contributed by atoms with E-state index in [9.17, 15) is 0 Å². The molecule has 1 heterocycles. The highest BCUT2D eigenvalue weighted by atomic mass is 15.2. The van der Waals surface area contributed by atoms with Crippen LogP contribution in [0.5, 0.6) is 0 Å². The molecule has 0 amide bonds. The second-order valence-electron chi connectivity index (χ2n) is 5.80. The first-order chi connectivity index (χ1) is 7.81. The topological polar surface area (TPSA) is 15.3 Å². The predicted octanol–water partition coefficient (Wildman–Crippen LogP) is 2.50. The molecule has 0 aromatic rings. The van der Waals surface area contributed by atoms with Gasteiger partial charge in [-0.25, -0.2) is 0 Å². The summed E-state index contributed by atoms with van der Waals surface area (Å²) in [4.78, 5) is 2.78. The average molecular weight is 224 g/mol. The van der Waals surface area contributed by atoms with Gasteiger partial charge in [0.15, 0.2) is 0 Å². The van der Waals surface area contributed by atoms with Crippen LogP contribution in [0.1, 0.15) is 46.0 Å². The Kier molecular flexibility index (Phi) is 4.66. The number of rotatable bonds is 4. The zero-order valence-electron chi connectivity index (χ0n) is 11.0. The van der Waals surface area contributed by atoms with Gasteiger partial charge >= 0.3 is 0 Å². The summed E-state index contributed by atoms with van der Waals surface area (Å²) in [7, 11) is 0. The fourth-order valence-electron chi connectivity index (χ4n) is 3.35. The van der Waals surface area contributed by atoms with Crippen molar-refractivity contribution < 1.29 is 0 Å². The number of nitrogens with one attached hydrogen (secondary N) is 1. The predicted molar refractivity (Wildman–Crippen MR) is 69.6 cm³/mol. The Bertz CT molecular complexity index is 199. The molecule has 2 fully saturated rings. The van der Waals surface area contributed by atoms with Crippen LogP contribution in [-0.2, 0) is 0 Å². The van der Waals surface area contributed by atoms with Gasteiger partial charge in [-0.2, -0.15) is 0 Å². The molecule has 0 spiro atoms. The molecular formula is C14H28N2. The van der Waals surface area contributed by atoms with Gasteiger partial charge in [-0.1, -0.05) is 33.1 Å². The van der Waals surface area contributed by atoms with Crippen LogP contribution in [-0.4, -0.2) is 37.1 Å². The highest BCUT2D eigenvalue weighted by molar-refractivity contribution is 4.85. The monoisotopic (exact) mass is 224 g/mol. The van der Waals surface area contributed by atoms with Gasteiger partial charge in [-0.3, -0.25) is 4.90 Å². The molecule has 2 aliphatic rings. The minimum atomic E-state index is 0.791. The zero-order valence-corrected chi connectivity index (χ0v) is 11.0. The van der Waals surface area contributed by atoms with E-state index in [4.69, 9.17) is 0 Å². The van der Waals surface area contributed by atoms with Gasteiger partial charge in [0.05, 0.1) is 0 Å². The van der Waals surface area contributed by atoms with E-state index in [1.807, 2.05) is 0 Å². The molecule has 1 saturated carbocycles. The smallest absolute Gasteiger partial charge is 0.0246 e. The van der Waals surface area contributed by atoms with E-state index < -0.39 is 0 Å². The minimum absolute atomic E-state index is 0.791. The van der Waals surface area contributed by atoms with E-state index in [2.05, 4.69) is 24.1 Å². The lowest BCUT2D eigenvalue weighted by molar-refractivity contribution is 0.0984. The standard InChI is InChI=1S/C14H28N2/c1-3-12(2)14-10-15-8-9-16(14)11-13-6-4-5-7-13/h12-15H,3-11H2,1-2H3. The number of hydrogen-bond acceptors (Lipinski definition) is 2. The molecule has 0 aromatic heterocycles. The van der Waals surface area contributed by atoms with Crippen molar-refractivity contribution in [1.82, 2.24) is 10.2 Å². The Morgan fingerprint density at radius 3 is 2.75 bits per heavy atom. The summed E-state index contributed by atoms with van der Waals surface area (Å²) in [5, 5.41) is 3.56. The van der Waals surface area contributed by atoms with Crippen LogP contribution in [0.3, 0.4) is 0 Å². The number of hydrogen-bond donors (Lipinski definition) is 1. The van der Waals surface area contributed by atoms with Crippen LogP contribution in [0, 0.1) is 11.8 Å². The maximum Gasteiger partial charge on any atom is 0.0246 e. The molecule has 0 radical (unpaired) electrons.